The van der Waals surface area contributed by atoms with Crippen molar-refractivity contribution in [3.8, 4) is 0 Å². The van der Waals surface area contributed by atoms with Crippen LogP contribution in [0, 0.1) is 10.7 Å². The average molecular weight is 399 g/mol. The normalized spacial score (nSPS) is 16.6. The second-order valence-electron chi connectivity index (χ2n) is 5.69. The van der Waals surface area contributed by atoms with E-state index in [2.05, 4.69) is 31.2 Å². The number of thiophene rings is 1. The van der Waals surface area contributed by atoms with Crippen LogP contribution < -0.4 is 0 Å². The van der Waals surface area contributed by atoms with Gasteiger partial charge in [0.2, 0.25) is 4.77 Å². The lowest BCUT2D eigenvalue weighted by molar-refractivity contribution is 0.336. The van der Waals surface area contributed by atoms with Gasteiger partial charge in [0.15, 0.2) is 5.82 Å². The van der Waals surface area contributed by atoms with E-state index in [1.54, 1.807) is 16.0 Å². The van der Waals surface area contributed by atoms with Crippen molar-refractivity contribution in [2.45, 2.75) is 44.9 Å². The zero-order chi connectivity index (χ0) is 15.4. The van der Waals surface area contributed by atoms with Gasteiger partial charge < -0.3 is 0 Å². The Hall–Kier alpha value is -0.790. The van der Waals surface area contributed by atoms with E-state index in [0.717, 1.165) is 26.8 Å². The topological polar surface area (TPSA) is 46.0 Å². The van der Waals surface area contributed by atoms with Gasteiger partial charge in [-0.25, -0.2) is 0 Å². The number of aryl methyl sites for hydroxylation is 1. The molecule has 3 rings (SSSR count). The maximum atomic E-state index is 5.29. The Morgan fingerprint density at radius 1 is 1.41 bits per heavy atom. The van der Waals surface area contributed by atoms with E-state index >= 15 is 0 Å². The van der Waals surface area contributed by atoms with Crippen LogP contribution in [-0.2, 0) is 6.42 Å². The first-order valence-electron chi connectivity index (χ1n) is 7.68. The summed E-state index contributed by atoms with van der Waals surface area (Å²) in [5, 5.41) is 11.7. The molecule has 0 unspecified atom stereocenters. The third kappa shape index (κ3) is 4.14. The van der Waals surface area contributed by atoms with Gasteiger partial charge in [-0.2, -0.15) is 14.9 Å². The molecule has 0 amide bonds. The van der Waals surface area contributed by atoms with Crippen molar-refractivity contribution < 1.29 is 0 Å². The standard InChI is InChI=1S/C15H19BrN4S2/c16-13-8-7-12(22-13)10-17-20-14(18-19-15(20)21)9-6-11-4-2-1-3-5-11/h7-8,10-11H,1-6,9H2,(H,19,21)/b17-10-. The summed E-state index contributed by atoms with van der Waals surface area (Å²) in [6, 6.07) is 4.05. The second kappa shape index (κ2) is 7.66. The average Bonchev–Trinajstić information content (AvgIpc) is 3.10. The summed E-state index contributed by atoms with van der Waals surface area (Å²) >= 11 is 10.4. The molecule has 1 N–H and O–H groups in total. The van der Waals surface area contributed by atoms with Crippen molar-refractivity contribution in [2.75, 3.05) is 0 Å². The molecule has 2 heterocycles. The Kier molecular flexibility index (Phi) is 5.60. The molecule has 1 aliphatic rings. The summed E-state index contributed by atoms with van der Waals surface area (Å²) in [5.41, 5.74) is 0. The molecule has 0 aromatic carbocycles. The van der Waals surface area contributed by atoms with Gasteiger partial charge in [-0.1, -0.05) is 32.1 Å². The molecule has 0 bridgehead atoms. The maximum absolute atomic E-state index is 5.29. The van der Waals surface area contributed by atoms with Crippen molar-refractivity contribution >= 4 is 45.7 Å². The second-order valence-corrected chi connectivity index (χ2v) is 8.57. The third-order valence-corrected chi connectivity index (χ3v) is 5.94. The van der Waals surface area contributed by atoms with Gasteiger partial charge in [-0.05, 0) is 52.6 Å². The molecule has 1 saturated carbocycles. The number of H-pyrrole nitrogens is 1. The Morgan fingerprint density at radius 2 is 2.23 bits per heavy atom. The highest BCUT2D eigenvalue weighted by atomic mass is 79.9. The molecule has 2 aromatic rings. The minimum Gasteiger partial charge on any atom is -0.250 e. The molecule has 1 aliphatic carbocycles. The highest BCUT2D eigenvalue weighted by Gasteiger charge is 2.15. The van der Waals surface area contributed by atoms with Crippen LogP contribution in [0.5, 0.6) is 0 Å². The smallest absolute Gasteiger partial charge is 0.216 e. The van der Waals surface area contributed by atoms with E-state index in [9.17, 15) is 0 Å². The maximum Gasteiger partial charge on any atom is 0.216 e. The number of aromatic nitrogens is 3. The molecular weight excluding hydrogens is 380 g/mol. The van der Waals surface area contributed by atoms with E-state index < -0.39 is 0 Å². The summed E-state index contributed by atoms with van der Waals surface area (Å²) < 4.78 is 3.42. The first-order chi connectivity index (χ1) is 10.7. The number of hydrogen-bond donors (Lipinski definition) is 1. The predicted molar refractivity (Wildman–Crippen MR) is 97.3 cm³/mol. The third-order valence-electron chi connectivity index (χ3n) is 4.11. The lowest BCUT2D eigenvalue weighted by atomic mass is 9.86. The molecule has 1 fully saturated rings. The Morgan fingerprint density at radius 3 is 2.95 bits per heavy atom. The fourth-order valence-corrected chi connectivity index (χ4v) is 4.41. The Bertz CT molecular complexity index is 694. The molecule has 0 spiro atoms. The van der Waals surface area contributed by atoms with Gasteiger partial charge in [-0.15, -0.1) is 11.3 Å². The van der Waals surface area contributed by atoms with Crippen molar-refractivity contribution in [2.24, 2.45) is 11.0 Å². The van der Waals surface area contributed by atoms with Gasteiger partial charge in [0, 0.05) is 11.3 Å². The molecule has 7 heteroatoms. The number of nitrogens with zero attached hydrogens (tertiary/aromatic N) is 3. The van der Waals surface area contributed by atoms with Crippen LogP contribution in [0.4, 0.5) is 0 Å². The highest BCUT2D eigenvalue weighted by Crippen LogP contribution is 2.27. The van der Waals surface area contributed by atoms with E-state index in [1.807, 2.05) is 18.3 Å². The van der Waals surface area contributed by atoms with E-state index in [0.29, 0.717) is 4.77 Å². The summed E-state index contributed by atoms with van der Waals surface area (Å²) in [7, 11) is 0. The first kappa shape index (κ1) is 16.1. The predicted octanol–water partition coefficient (Wildman–Crippen LogP) is 5.16. The fraction of sp³-hybridized carbons (Fsp3) is 0.533. The van der Waals surface area contributed by atoms with E-state index in [4.69, 9.17) is 12.2 Å². The SMILES string of the molecule is S=c1[nH]nc(CCC2CCCCC2)n1/N=C\c1ccc(Br)s1. The Balaban J connectivity index is 1.67. The zero-order valence-corrected chi connectivity index (χ0v) is 15.5. The number of hydrogen-bond acceptors (Lipinski definition) is 4. The van der Waals surface area contributed by atoms with Crippen LogP contribution in [0.2, 0.25) is 0 Å². The van der Waals surface area contributed by atoms with Gasteiger partial charge in [0.25, 0.3) is 0 Å². The number of aromatic amines is 1. The fourth-order valence-electron chi connectivity index (χ4n) is 2.93. The van der Waals surface area contributed by atoms with Crippen LogP contribution in [0.25, 0.3) is 0 Å². The number of rotatable bonds is 5. The molecule has 2 aromatic heterocycles. The van der Waals surface area contributed by atoms with E-state index in [1.165, 1.54) is 38.5 Å². The van der Waals surface area contributed by atoms with Crippen LogP contribution in [0.1, 0.15) is 49.2 Å². The van der Waals surface area contributed by atoms with Gasteiger partial charge >= 0.3 is 0 Å². The molecule has 0 saturated heterocycles. The van der Waals surface area contributed by atoms with Crippen LogP contribution in [-0.4, -0.2) is 21.1 Å². The largest absolute Gasteiger partial charge is 0.250 e. The number of nitrogens with one attached hydrogen (secondary N) is 1. The van der Waals surface area contributed by atoms with Gasteiger partial charge in [0.05, 0.1) is 10.0 Å². The first-order valence-corrected chi connectivity index (χ1v) is 9.70. The Labute approximate surface area is 147 Å². The number of halogens is 1. The lowest BCUT2D eigenvalue weighted by Gasteiger charge is -2.20. The zero-order valence-electron chi connectivity index (χ0n) is 12.3. The summed E-state index contributed by atoms with van der Waals surface area (Å²) in [5.74, 6) is 1.77. The highest BCUT2D eigenvalue weighted by molar-refractivity contribution is 9.11. The van der Waals surface area contributed by atoms with Crippen LogP contribution in [0.15, 0.2) is 21.0 Å². The van der Waals surface area contributed by atoms with Crippen LogP contribution in [0.3, 0.4) is 0 Å². The molecule has 0 aliphatic heterocycles. The minimum atomic E-state index is 0.561. The van der Waals surface area contributed by atoms with Gasteiger partial charge in [0.1, 0.15) is 0 Å². The summed E-state index contributed by atoms with van der Waals surface area (Å²) in [6.07, 6.45) is 10.8. The summed E-state index contributed by atoms with van der Waals surface area (Å²) in [6.45, 7) is 0. The van der Waals surface area contributed by atoms with Crippen molar-refractivity contribution in [1.82, 2.24) is 14.9 Å². The lowest BCUT2D eigenvalue weighted by Crippen LogP contribution is -2.09. The van der Waals surface area contributed by atoms with Gasteiger partial charge in [-0.3, -0.25) is 5.10 Å². The monoisotopic (exact) mass is 398 g/mol. The van der Waals surface area contributed by atoms with Crippen molar-refractivity contribution in [1.29, 1.82) is 0 Å². The van der Waals surface area contributed by atoms with Crippen molar-refractivity contribution in [3.63, 3.8) is 0 Å². The van der Waals surface area contributed by atoms with E-state index in [-0.39, 0.29) is 0 Å². The molecule has 0 atom stereocenters. The van der Waals surface area contributed by atoms with Crippen LogP contribution >= 0.6 is 39.5 Å². The molecule has 4 nitrogen and oxygen atoms in total. The quantitative estimate of drug-likeness (QED) is 0.558. The molecule has 0 radical (unpaired) electrons. The molecular formula is C15H19BrN4S2. The molecule has 118 valence electrons. The van der Waals surface area contributed by atoms with Crippen molar-refractivity contribution in [3.05, 3.63) is 31.4 Å². The summed E-state index contributed by atoms with van der Waals surface area (Å²) in [4.78, 5) is 1.09. The molecule has 22 heavy (non-hydrogen) atoms. The minimum absolute atomic E-state index is 0.561.